The first kappa shape index (κ1) is 75.7. The molecule has 5 aromatic heterocycles. The number of benzene rings is 8. The van der Waals surface area contributed by atoms with Gasteiger partial charge in [-0.15, -0.1) is 0 Å². The zero-order valence-electron chi connectivity index (χ0n) is 63.6. The molecule has 0 radical (unpaired) electrons. The number of nitro groups is 1. The van der Waals surface area contributed by atoms with Crippen LogP contribution in [0, 0.1) is 24.0 Å². The summed E-state index contributed by atoms with van der Waals surface area (Å²) in [6, 6.07) is 55.2. The van der Waals surface area contributed by atoms with Crippen LogP contribution >= 0.6 is 0 Å². The molecule has 0 aliphatic carbocycles. The molecule has 0 fully saturated rings. The first-order valence-corrected chi connectivity index (χ1v) is 37.3. The van der Waals surface area contributed by atoms with Gasteiger partial charge in [-0.05, 0) is 195 Å². The Labute approximate surface area is 617 Å². The average Bonchev–Trinajstić information content (AvgIpc) is 1.61. The predicted molar refractivity (Wildman–Crippen MR) is 437 cm³/mol. The van der Waals surface area contributed by atoms with Crippen molar-refractivity contribution in [2.24, 2.45) is 0 Å². The number of nitrogens with one attached hydrogen (secondary N) is 3. The number of allylic oxidation sites excluding steroid dienone is 1. The van der Waals surface area contributed by atoms with Crippen LogP contribution in [0.25, 0.3) is 98.5 Å². The molecule has 1 aliphatic heterocycles. The average molecular weight is 1410 g/mol. The van der Waals surface area contributed by atoms with E-state index in [4.69, 9.17) is 4.98 Å². The van der Waals surface area contributed by atoms with Crippen LogP contribution < -0.4 is 20.9 Å². The second kappa shape index (κ2) is 34.0. The van der Waals surface area contributed by atoms with Crippen LogP contribution in [0.1, 0.15) is 103 Å². The van der Waals surface area contributed by atoms with Crippen molar-refractivity contribution in [3.8, 4) is 11.3 Å². The number of carbonyl (C=O) groups is 3. The molecule has 8 aromatic carbocycles. The lowest BCUT2D eigenvalue weighted by atomic mass is 10.0. The van der Waals surface area contributed by atoms with Gasteiger partial charge in [0, 0.05) is 201 Å². The molecule has 0 bridgehead atoms. The molecule has 0 saturated heterocycles. The minimum Gasteiger partial charge on any atom is -0.355 e. The number of carbonyl (C=O) groups excluding carboxylic acids is 3. The third kappa shape index (κ3) is 16.0. The fourth-order valence-corrected chi connectivity index (χ4v) is 15.1. The van der Waals surface area contributed by atoms with Crippen LogP contribution in [0.2, 0.25) is 0 Å². The number of hydrogen-bond donors (Lipinski definition) is 3. The Kier molecular flexibility index (Phi) is 24.5. The number of nitrogens with zero attached hydrogens (tertiary/aromatic N) is 10. The summed E-state index contributed by atoms with van der Waals surface area (Å²) in [7, 11) is 7.35. The Balaban J connectivity index is 0.000000141. The van der Waals surface area contributed by atoms with Gasteiger partial charge in [-0.2, -0.15) is 0 Å². The van der Waals surface area contributed by atoms with Crippen molar-refractivity contribution < 1.29 is 19.3 Å². The van der Waals surface area contributed by atoms with E-state index in [0.29, 0.717) is 11.1 Å². The largest absolute Gasteiger partial charge is 0.355 e. The maximum absolute atomic E-state index is 12.1. The van der Waals surface area contributed by atoms with Crippen LogP contribution in [0.3, 0.4) is 0 Å². The van der Waals surface area contributed by atoms with Gasteiger partial charge in [-0.25, -0.2) is 0 Å². The van der Waals surface area contributed by atoms with Crippen LogP contribution in [-0.2, 0) is 32.6 Å². The quantitative estimate of drug-likeness (QED) is 0.0227. The van der Waals surface area contributed by atoms with Crippen molar-refractivity contribution in [2.45, 2.75) is 101 Å². The summed E-state index contributed by atoms with van der Waals surface area (Å²) in [6.45, 7) is 37.1. The van der Waals surface area contributed by atoms with Crippen LogP contribution in [0.5, 0.6) is 0 Å². The fraction of sp³-hybridized carbons (Fsp3) is 0.333. The van der Waals surface area contributed by atoms with Gasteiger partial charge in [0.15, 0.2) is 5.78 Å². The van der Waals surface area contributed by atoms with Gasteiger partial charge in [0.2, 0.25) is 0 Å². The minimum atomic E-state index is -0.334. The number of amides is 2. The molecule has 14 rings (SSSR count). The third-order valence-electron chi connectivity index (χ3n) is 21.1. The molecule has 18 heteroatoms. The highest BCUT2D eigenvalue weighted by Gasteiger charge is 2.26. The van der Waals surface area contributed by atoms with E-state index in [9.17, 15) is 24.5 Å². The number of ketones is 1. The van der Waals surface area contributed by atoms with E-state index in [-0.39, 0.29) is 28.2 Å². The van der Waals surface area contributed by atoms with E-state index in [1.54, 1.807) is 33.2 Å². The molecular weight excluding hydrogens is 1310 g/mol. The molecule has 13 aromatic rings. The predicted octanol–water partition coefficient (Wildman–Crippen LogP) is 16.8. The van der Waals surface area contributed by atoms with Gasteiger partial charge >= 0.3 is 0 Å². The lowest BCUT2D eigenvalue weighted by Crippen LogP contribution is -2.27. The molecule has 1 aliphatic rings. The first-order chi connectivity index (χ1) is 50.8. The van der Waals surface area contributed by atoms with Gasteiger partial charge in [0.1, 0.15) is 0 Å². The highest BCUT2D eigenvalue weighted by molar-refractivity contribution is 6.17. The maximum atomic E-state index is 12.1. The highest BCUT2D eigenvalue weighted by atomic mass is 16.6. The Morgan fingerprint density at radius 2 is 0.952 bits per heavy atom. The molecule has 6 heterocycles. The summed E-state index contributed by atoms with van der Waals surface area (Å²) in [5.41, 5.74) is 19.7. The lowest BCUT2D eigenvalue weighted by molar-refractivity contribution is -0.384. The molecule has 0 spiro atoms. The summed E-state index contributed by atoms with van der Waals surface area (Å²) in [5, 5.41) is 28.6. The number of nitro benzene ring substituents is 1. The molecule has 0 saturated carbocycles. The molecule has 18 nitrogen and oxygen atoms in total. The fourth-order valence-electron chi connectivity index (χ4n) is 15.1. The van der Waals surface area contributed by atoms with E-state index >= 15 is 0 Å². The zero-order chi connectivity index (χ0) is 74.8. The second-order valence-corrected chi connectivity index (χ2v) is 27.2. The third-order valence-corrected chi connectivity index (χ3v) is 21.1. The maximum Gasteiger partial charge on any atom is 0.270 e. The van der Waals surface area contributed by atoms with Crippen LogP contribution in [0.4, 0.5) is 11.4 Å². The number of aryl methyl sites for hydroxylation is 3. The molecular formula is C87H103N13O5. The number of pyridine rings is 1. The molecule has 3 N–H and O–H groups in total. The Morgan fingerprint density at radius 1 is 0.505 bits per heavy atom. The van der Waals surface area contributed by atoms with Crippen LogP contribution in [0.15, 0.2) is 176 Å². The molecule has 105 heavy (non-hydrogen) atoms. The lowest BCUT2D eigenvalue weighted by Gasteiger charge is -2.19. The summed E-state index contributed by atoms with van der Waals surface area (Å²) in [6.07, 6.45) is 1.97. The van der Waals surface area contributed by atoms with Crippen molar-refractivity contribution in [2.75, 3.05) is 98.5 Å². The number of para-hydroxylation sites is 1. The molecule has 2 amide bonds. The van der Waals surface area contributed by atoms with Gasteiger partial charge in [-0.1, -0.05) is 96.1 Å². The second-order valence-electron chi connectivity index (χ2n) is 27.2. The van der Waals surface area contributed by atoms with Gasteiger partial charge in [0.05, 0.1) is 21.8 Å². The number of hydrogen-bond acceptors (Lipinski definition) is 11. The number of Topliss-reactive ketones (excluding diaryl/α,β-unsaturated/α-hetero) is 1. The molecule has 0 atom stereocenters. The van der Waals surface area contributed by atoms with Crippen molar-refractivity contribution in [1.82, 2.24) is 53.9 Å². The smallest absolute Gasteiger partial charge is 0.270 e. The van der Waals surface area contributed by atoms with E-state index in [1.807, 2.05) is 87.6 Å². The Morgan fingerprint density at radius 3 is 1.47 bits per heavy atom. The van der Waals surface area contributed by atoms with E-state index in [2.05, 4.69) is 194 Å². The SMILES string of the molecule is C=C1Cc2ccc3c(c2N1C)c1ccccc1n3CCN(CC)CC.CCN(CC)CCn1c2ccc(C(=O)NC)cc2c2cc(C(=O)NC)ccc21.CCN(CC)CCn1c2ccc(C(C)=O)cc2c2cc(-c3cccc(C)n3)ccc21.CNCCCn1c2ccc(C)cc2c2cc([N+](=O)[O-])ccc21. The number of fused-ring (bicyclic) bond motifs is 14. The van der Waals surface area contributed by atoms with Crippen molar-refractivity contribution in [3.05, 3.63) is 220 Å². The number of aromatic nitrogens is 5. The number of likely N-dealkylation sites (N-methyl/N-ethyl adjacent to an activating group) is 4. The summed E-state index contributed by atoms with van der Waals surface area (Å²) in [5.74, 6) is -0.140. The standard InChI is InChI=1S/C26H29N3O.C22H28N4O2.C22H27N3.C17H19N3O2/c1-5-28(6-2)14-15-29-25-12-10-20(19(4)30)16-22(25)23-17-21(11-13-26(23)29)24-9-7-8-18(3)27-24;1-5-25(6-2)11-12-26-19-9-7-15(21(27)23-3)13-17(19)18-14-16(22(28)24-4)8-10-20(18)26;1-5-24(6-2)13-14-25-19-10-8-7-9-18(19)21-20(25)12-11-17-15-16(3)23(4)22(17)21;1-12-4-6-16-14(10-12)15-11-13(20(21)22)5-7-17(15)19(16)9-3-8-18-2/h7-13,16-17H,5-6,14-15H2,1-4H3;7-10,13-14H,5-6,11-12H2,1-4H3,(H,23,27)(H,24,28);7-12H,3,5-6,13-15H2,1-2,4H3;4-7,10-11,18H,3,8-9H2,1-2H3. The van der Waals surface area contributed by atoms with Gasteiger partial charge in [-0.3, -0.25) is 29.5 Å². The van der Waals surface area contributed by atoms with E-state index < -0.39 is 0 Å². The van der Waals surface area contributed by atoms with Crippen molar-refractivity contribution >= 4 is 116 Å². The summed E-state index contributed by atoms with van der Waals surface area (Å²) < 4.78 is 9.42. The Hall–Kier alpha value is -10.5. The van der Waals surface area contributed by atoms with Gasteiger partial charge < -0.3 is 53.8 Å². The highest BCUT2D eigenvalue weighted by Crippen LogP contribution is 2.44. The van der Waals surface area contributed by atoms with E-state index in [1.165, 1.54) is 55.2 Å². The Bertz CT molecular complexity index is 5280. The summed E-state index contributed by atoms with van der Waals surface area (Å²) in [4.78, 5) is 61.3. The van der Waals surface area contributed by atoms with Crippen molar-refractivity contribution in [3.63, 3.8) is 0 Å². The molecule has 0 unspecified atom stereocenters. The van der Waals surface area contributed by atoms with Gasteiger partial charge in [0.25, 0.3) is 17.5 Å². The van der Waals surface area contributed by atoms with E-state index in [0.717, 1.165) is 182 Å². The molecule has 546 valence electrons. The number of rotatable bonds is 24. The van der Waals surface area contributed by atoms with Crippen LogP contribution in [-0.4, -0.2) is 154 Å². The minimum absolute atomic E-state index is 0.0949. The number of anilines is 1. The topological polar surface area (TPSA) is 176 Å². The van der Waals surface area contributed by atoms with Crippen molar-refractivity contribution in [1.29, 1.82) is 0 Å². The first-order valence-electron chi connectivity index (χ1n) is 37.3. The zero-order valence-corrected chi connectivity index (χ0v) is 63.6. The summed E-state index contributed by atoms with van der Waals surface area (Å²) >= 11 is 0. The number of non-ortho nitro benzene ring substituents is 1. The normalized spacial score (nSPS) is 12.1. The monoisotopic (exact) mass is 1410 g/mol.